The molecule has 0 bridgehead atoms. The van der Waals surface area contributed by atoms with Gasteiger partial charge in [-0.2, -0.15) is 0 Å². The molecule has 0 unspecified atom stereocenters. The largest absolute Gasteiger partial charge is 0.313 e. The number of fused-ring (bicyclic) bond motifs is 1. The van der Waals surface area contributed by atoms with Crippen LogP contribution < -0.4 is 0 Å². The van der Waals surface area contributed by atoms with Crippen LogP contribution in [0.15, 0.2) is 69.9 Å². The normalized spacial score (nSPS) is 11.3. The maximum Gasteiger partial charge on any atom is 0.214 e. The van der Waals surface area contributed by atoms with Crippen molar-refractivity contribution in [2.75, 3.05) is 0 Å². The van der Waals surface area contributed by atoms with E-state index in [1.807, 2.05) is 19.2 Å². The summed E-state index contributed by atoms with van der Waals surface area (Å²) in [4.78, 5) is 4.78. The summed E-state index contributed by atoms with van der Waals surface area (Å²) < 4.78 is 6.35. The summed E-state index contributed by atoms with van der Waals surface area (Å²) in [5.41, 5.74) is 4.40. The number of hydrogen-bond acceptors (Lipinski definition) is 1. The van der Waals surface area contributed by atoms with Crippen molar-refractivity contribution in [1.82, 2.24) is 14.0 Å². The Morgan fingerprint density at radius 3 is 1.91 bits per heavy atom. The molecule has 114 valence electrons. The zero-order valence-corrected chi connectivity index (χ0v) is 15.5. The summed E-state index contributed by atoms with van der Waals surface area (Å²) in [6.45, 7) is 0. The first-order chi connectivity index (χ1) is 11.1. The monoisotopic (exact) mass is 429 g/mol. The van der Waals surface area contributed by atoms with Gasteiger partial charge in [0.05, 0.1) is 11.4 Å². The highest BCUT2D eigenvalue weighted by molar-refractivity contribution is 9.10. The van der Waals surface area contributed by atoms with Gasteiger partial charge in [0.25, 0.3) is 0 Å². The van der Waals surface area contributed by atoms with Gasteiger partial charge in [-0.15, -0.1) is 0 Å². The Hall–Kier alpha value is -1.85. The minimum atomic E-state index is 0.931. The van der Waals surface area contributed by atoms with E-state index in [0.717, 1.165) is 31.7 Å². The van der Waals surface area contributed by atoms with Crippen molar-refractivity contribution in [3.8, 4) is 22.5 Å². The summed E-state index contributed by atoms with van der Waals surface area (Å²) in [7, 11) is 2.05. The Morgan fingerprint density at radius 1 is 0.783 bits per heavy atom. The van der Waals surface area contributed by atoms with Crippen LogP contribution in [0.4, 0.5) is 0 Å². The fourth-order valence-electron chi connectivity index (χ4n) is 2.70. The molecular formula is C18H13Br2N3. The first kappa shape index (κ1) is 14.7. The Labute approximate surface area is 150 Å². The lowest BCUT2D eigenvalue weighted by Gasteiger charge is -2.03. The Morgan fingerprint density at radius 2 is 1.35 bits per heavy atom. The van der Waals surface area contributed by atoms with Gasteiger partial charge in [0.2, 0.25) is 5.78 Å². The molecule has 0 saturated heterocycles. The van der Waals surface area contributed by atoms with Gasteiger partial charge in [0.15, 0.2) is 0 Å². The van der Waals surface area contributed by atoms with E-state index in [4.69, 9.17) is 4.98 Å². The number of benzene rings is 2. The molecule has 0 N–H and O–H groups in total. The lowest BCUT2D eigenvalue weighted by molar-refractivity contribution is 0.945. The molecule has 0 fully saturated rings. The predicted octanol–water partition coefficient (Wildman–Crippen LogP) is 5.53. The molecule has 2 aromatic carbocycles. The first-order valence-corrected chi connectivity index (χ1v) is 8.77. The number of hydrogen-bond donors (Lipinski definition) is 0. The van der Waals surface area contributed by atoms with Gasteiger partial charge in [0, 0.05) is 34.0 Å². The van der Waals surface area contributed by atoms with E-state index in [2.05, 4.69) is 89.6 Å². The Balaban J connectivity index is 1.80. The van der Waals surface area contributed by atoms with Crippen LogP contribution in [0.1, 0.15) is 0 Å². The van der Waals surface area contributed by atoms with Crippen molar-refractivity contribution in [3.63, 3.8) is 0 Å². The highest BCUT2D eigenvalue weighted by Crippen LogP contribution is 2.27. The van der Waals surface area contributed by atoms with Crippen molar-refractivity contribution >= 4 is 37.6 Å². The van der Waals surface area contributed by atoms with Gasteiger partial charge in [-0.05, 0) is 29.8 Å². The zero-order valence-electron chi connectivity index (χ0n) is 12.4. The third kappa shape index (κ3) is 2.64. The summed E-state index contributed by atoms with van der Waals surface area (Å²) in [6, 6.07) is 16.5. The summed E-state index contributed by atoms with van der Waals surface area (Å²) in [6.07, 6.45) is 4.19. The van der Waals surface area contributed by atoms with Gasteiger partial charge < -0.3 is 4.57 Å². The molecule has 5 heteroatoms. The third-order valence-corrected chi connectivity index (χ3v) is 4.97. The molecule has 0 atom stereocenters. The fourth-order valence-corrected chi connectivity index (χ4v) is 3.23. The second-order valence-electron chi connectivity index (χ2n) is 5.42. The molecule has 0 aliphatic rings. The molecule has 2 aromatic heterocycles. The van der Waals surface area contributed by atoms with E-state index in [-0.39, 0.29) is 0 Å². The van der Waals surface area contributed by atoms with E-state index in [1.165, 1.54) is 5.56 Å². The van der Waals surface area contributed by atoms with Crippen molar-refractivity contribution < 1.29 is 0 Å². The second-order valence-corrected chi connectivity index (χ2v) is 7.25. The zero-order chi connectivity index (χ0) is 16.0. The molecule has 23 heavy (non-hydrogen) atoms. The van der Waals surface area contributed by atoms with Crippen molar-refractivity contribution in [3.05, 3.63) is 69.9 Å². The molecule has 4 rings (SSSR count). The average molecular weight is 431 g/mol. The van der Waals surface area contributed by atoms with Gasteiger partial charge in [-0.25, -0.2) is 4.98 Å². The van der Waals surface area contributed by atoms with Crippen molar-refractivity contribution in [2.24, 2.45) is 7.05 Å². The number of imidazole rings is 2. The van der Waals surface area contributed by atoms with E-state index in [1.54, 1.807) is 0 Å². The maximum atomic E-state index is 4.78. The molecule has 0 aliphatic heterocycles. The van der Waals surface area contributed by atoms with Crippen LogP contribution >= 0.6 is 31.9 Å². The Kier molecular flexibility index (Phi) is 3.62. The van der Waals surface area contributed by atoms with Crippen LogP contribution in [0, 0.1) is 0 Å². The van der Waals surface area contributed by atoms with E-state index in [9.17, 15) is 0 Å². The molecule has 0 radical (unpaired) electrons. The van der Waals surface area contributed by atoms with Crippen LogP contribution in [-0.2, 0) is 7.05 Å². The fraction of sp³-hybridized carbons (Fsp3) is 0.0556. The van der Waals surface area contributed by atoms with Gasteiger partial charge in [-0.1, -0.05) is 56.1 Å². The molecule has 0 aliphatic carbocycles. The molecule has 4 aromatic rings. The van der Waals surface area contributed by atoms with Crippen LogP contribution in [0.25, 0.3) is 28.3 Å². The quantitative estimate of drug-likeness (QED) is 0.409. The number of halogens is 2. The van der Waals surface area contributed by atoms with E-state index >= 15 is 0 Å². The highest BCUT2D eigenvalue weighted by atomic mass is 79.9. The highest BCUT2D eigenvalue weighted by Gasteiger charge is 2.12. The molecule has 3 nitrogen and oxygen atoms in total. The number of nitrogens with zero attached hydrogens (tertiary/aromatic N) is 3. The maximum absolute atomic E-state index is 4.78. The van der Waals surface area contributed by atoms with Crippen LogP contribution in [0.5, 0.6) is 0 Å². The predicted molar refractivity (Wildman–Crippen MR) is 100 cm³/mol. The van der Waals surface area contributed by atoms with E-state index < -0.39 is 0 Å². The minimum Gasteiger partial charge on any atom is -0.313 e. The molecule has 0 saturated carbocycles. The second kappa shape index (κ2) is 5.65. The van der Waals surface area contributed by atoms with Crippen LogP contribution in [0.2, 0.25) is 0 Å². The lowest BCUT2D eigenvalue weighted by Crippen LogP contribution is -1.92. The van der Waals surface area contributed by atoms with Gasteiger partial charge >= 0.3 is 0 Å². The summed E-state index contributed by atoms with van der Waals surface area (Å²) in [5, 5.41) is 0. The first-order valence-electron chi connectivity index (χ1n) is 7.18. The average Bonchev–Trinajstić information content (AvgIpc) is 3.09. The Bertz CT molecular complexity index is 980. The summed E-state index contributed by atoms with van der Waals surface area (Å²) >= 11 is 6.94. The lowest BCUT2D eigenvalue weighted by atomic mass is 10.1. The summed E-state index contributed by atoms with van der Waals surface area (Å²) in [5.74, 6) is 0.931. The van der Waals surface area contributed by atoms with Gasteiger partial charge in [0.1, 0.15) is 0 Å². The van der Waals surface area contributed by atoms with Crippen molar-refractivity contribution in [2.45, 2.75) is 0 Å². The number of aryl methyl sites for hydroxylation is 1. The topological polar surface area (TPSA) is 22.2 Å². The van der Waals surface area contributed by atoms with Gasteiger partial charge in [-0.3, -0.25) is 4.40 Å². The molecule has 0 amide bonds. The van der Waals surface area contributed by atoms with E-state index in [0.29, 0.717) is 0 Å². The third-order valence-electron chi connectivity index (χ3n) is 3.92. The smallest absolute Gasteiger partial charge is 0.214 e. The molecular weight excluding hydrogens is 418 g/mol. The standard InChI is InChI=1S/C18H13Br2N3/c1-22-17(13-4-8-15(20)9-5-13)11-23-10-16(21-18(22)23)12-2-6-14(19)7-3-12/h2-11H,1H3. The number of aromatic nitrogens is 3. The SMILES string of the molecule is Cn1c(-c2ccc(Br)cc2)cn2cc(-c3ccc(Br)cc3)nc12. The van der Waals surface area contributed by atoms with Crippen LogP contribution in [-0.4, -0.2) is 14.0 Å². The minimum absolute atomic E-state index is 0.931. The molecule has 2 heterocycles. The number of rotatable bonds is 2. The van der Waals surface area contributed by atoms with Crippen molar-refractivity contribution in [1.29, 1.82) is 0 Å². The van der Waals surface area contributed by atoms with Crippen LogP contribution in [0.3, 0.4) is 0 Å². The molecule has 0 spiro atoms.